The molecule has 0 saturated carbocycles. The number of aromatic carboxylic acids is 1. The quantitative estimate of drug-likeness (QED) is 0.787. The number of carboxylic acid groups (broad SMARTS) is 1. The molecule has 8 heteroatoms. The van der Waals surface area contributed by atoms with Gasteiger partial charge in [-0.25, -0.2) is 14.8 Å². The van der Waals surface area contributed by atoms with Crippen LogP contribution in [0.25, 0.3) is 0 Å². The number of anilines is 2. The Balaban J connectivity index is 2.01. The van der Waals surface area contributed by atoms with Gasteiger partial charge in [-0.2, -0.15) is 5.10 Å². The number of nitrogens with one attached hydrogen (secondary N) is 1. The SMILES string of the molecule is CN(C)CCCn1cc(Nc2cncnc2C(=O)O)cn1. The number of nitrogens with zero attached hydrogens (tertiary/aromatic N) is 5. The molecular weight excluding hydrogens is 272 g/mol. The summed E-state index contributed by atoms with van der Waals surface area (Å²) in [6.07, 6.45) is 7.10. The predicted octanol–water partition coefficient (Wildman–Crippen LogP) is 1.07. The third-order valence-corrected chi connectivity index (χ3v) is 2.82. The van der Waals surface area contributed by atoms with Gasteiger partial charge >= 0.3 is 5.97 Å². The predicted molar refractivity (Wildman–Crippen MR) is 77.7 cm³/mol. The molecule has 0 aromatic carbocycles. The highest BCUT2D eigenvalue weighted by Gasteiger charge is 2.12. The fourth-order valence-corrected chi connectivity index (χ4v) is 1.85. The van der Waals surface area contributed by atoms with Gasteiger partial charge in [-0.15, -0.1) is 0 Å². The van der Waals surface area contributed by atoms with Crippen molar-refractivity contribution in [2.75, 3.05) is 26.0 Å². The van der Waals surface area contributed by atoms with Crippen LogP contribution in [0.5, 0.6) is 0 Å². The first-order valence-corrected chi connectivity index (χ1v) is 6.54. The van der Waals surface area contributed by atoms with Gasteiger partial charge in [0, 0.05) is 12.7 Å². The average Bonchev–Trinajstić information content (AvgIpc) is 2.86. The highest BCUT2D eigenvalue weighted by atomic mass is 16.4. The minimum atomic E-state index is -1.10. The number of rotatable bonds is 7. The Morgan fingerprint density at radius 3 is 2.95 bits per heavy atom. The lowest BCUT2D eigenvalue weighted by atomic mass is 10.3. The molecule has 0 saturated heterocycles. The van der Waals surface area contributed by atoms with E-state index in [0.717, 1.165) is 19.5 Å². The zero-order valence-electron chi connectivity index (χ0n) is 12.0. The molecule has 0 bridgehead atoms. The second-order valence-corrected chi connectivity index (χ2v) is 4.86. The highest BCUT2D eigenvalue weighted by molar-refractivity contribution is 5.92. The van der Waals surface area contributed by atoms with Crippen LogP contribution in [0, 0.1) is 0 Å². The fraction of sp³-hybridized carbons (Fsp3) is 0.385. The van der Waals surface area contributed by atoms with Gasteiger partial charge in [0.05, 0.1) is 23.8 Å². The van der Waals surface area contributed by atoms with Crippen LogP contribution in [0.4, 0.5) is 11.4 Å². The molecule has 2 N–H and O–H groups in total. The first kappa shape index (κ1) is 14.9. The maximum absolute atomic E-state index is 11.1. The summed E-state index contributed by atoms with van der Waals surface area (Å²) in [6, 6.07) is 0. The second kappa shape index (κ2) is 6.80. The summed E-state index contributed by atoms with van der Waals surface area (Å²) in [4.78, 5) is 20.8. The van der Waals surface area contributed by atoms with Crippen LogP contribution in [0.2, 0.25) is 0 Å². The summed E-state index contributed by atoms with van der Waals surface area (Å²) >= 11 is 0. The lowest BCUT2D eigenvalue weighted by Crippen LogP contribution is -2.15. The first-order chi connectivity index (χ1) is 10.1. The number of carbonyl (C=O) groups is 1. The third-order valence-electron chi connectivity index (χ3n) is 2.82. The first-order valence-electron chi connectivity index (χ1n) is 6.54. The standard InChI is InChI=1S/C13H18N6O2/c1-18(2)4-3-5-19-8-10(6-16-19)17-11-7-14-9-15-12(11)13(20)21/h6-9,17H,3-5H2,1-2H3,(H,20,21). The van der Waals surface area contributed by atoms with E-state index >= 15 is 0 Å². The molecule has 0 aliphatic heterocycles. The van der Waals surface area contributed by atoms with Crippen LogP contribution < -0.4 is 5.32 Å². The van der Waals surface area contributed by atoms with Crippen molar-refractivity contribution in [2.24, 2.45) is 0 Å². The monoisotopic (exact) mass is 290 g/mol. The van der Waals surface area contributed by atoms with E-state index in [1.807, 2.05) is 25.0 Å². The number of hydrogen-bond acceptors (Lipinski definition) is 6. The third kappa shape index (κ3) is 4.25. The summed E-state index contributed by atoms with van der Waals surface area (Å²) in [7, 11) is 4.05. The van der Waals surface area contributed by atoms with Crippen LogP contribution in [0.15, 0.2) is 24.9 Å². The molecule has 0 radical (unpaired) electrons. The Morgan fingerprint density at radius 1 is 1.43 bits per heavy atom. The molecule has 0 atom stereocenters. The number of hydrogen-bond donors (Lipinski definition) is 2. The molecule has 0 amide bonds. The van der Waals surface area contributed by atoms with Gasteiger partial charge in [0.1, 0.15) is 6.33 Å². The van der Waals surface area contributed by atoms with E-state index in [-0.39, 0.29) is 5.69 Å². The molecule has 2 heterocycles. The molecule has 2 rings (SSSR count). The van der Waals surface area contributed by atoms with Gasteiger partial charge in [-0.05, 0) is 27.1 Å². The highest BCUT2D eigenvalue weighted by Crippen LogP contribution is 2.17. The van der Waals surface area contributed by atoms with Crippen molar-refractivity contribution < 1.29 is 9.90 Å². The van der Waals surface area contributed by atoms with Crippen molar-refractivity contribution in [3.05, 3.63) is 30.6 Å². The van der Waals surface area contributed by atoms with Crippen molar-refractivity contribution >= 4 is 17.3 Å². The van der Waals surface area contributed by atoms with E-state index in [1.54, 1.807) is 6.20 Å². The molecule has 2 aromatic rings. The smallest absolute Gasteiger partial charge is 0.356 e. The molecule has 2 aromatic heterocycles. The lowest BCUT2D eigenvalue weighted by Gasteiger charge is -2.08. The fourth-order valence-electron chi connectivity index (χ4n) is 1.85. The Morgan fingerprint density at radius 2 is 2.24 bits per heavy atom. The molecule has 0 aliphatic rings. The molecule has 8 nitrogen and oxygen atoms in total. The van der Waals surface area contributed by atoms with E-state index in [9.17, 15) is 4.79 Å². The van der Waals surface area contributed by atoms with Gasteiger partial charge in [0.25, 0.3) is 0 Å². The average molecular weight is 290 g/mol. The van der Waals surface area contributed by atoms with Crippen LogP contribution in [0.1, 0.15) is 16.9 Å². The number of aromatic nitrogens is 4. The van der Waals surface area contributed by atoms with Gasteiger partial charge in [-0.1, -0.05) is 0 Å². The largest absolute Gasteiger partial charge is 0.476 e. The number of carboxylic acids is 1. The summed E-state index contributed by atoms with van der Waals surface area (Å²) in [6.45, 7) is 1.79. The van der Waals surface area contributed by atoms with Gasteiger partial charge in [-0.3, -0.25) is 4.68 Å². The van der Waals surface area contributed by atoms with Crippen molar-refractivity contribution in [1.82, 2.24) is 24.6 Å². The Kier molecular flexibility index (Phi) is 4.83. The summed E-state index contributed by atoms with van der Waals surface area (Å²) in [5.74, 6) is -1.10. The molecule has 0 spiro atoms. The zero-order chi connectivity index (χ0) is 15.2. The topological polar surface area (TPSA) is 96.2 Å². The van der Waals surface area contributed by atoms with E-state index in [2.05, 4.69) is 25.3 Å². The molecular formula is C13H18N6O2. The van der Waals surface area contributed by atoms with E-state index in [1.165, 1.54) is 12.5 Å². The van der Waals surface area contributed by atoms with Gasteiger partial charge in [0.15, 0.2) is 5.69 Å². The Bertz CT molecular complexity index is 610. The normalized spacial score (nSPS) is 10.8. The van der Waals surface area contributed by atoms with E-state index in [4.69, 9.17) is 5.11 Å². The molecule has 21 heavy (non-hydrogen) atoms. The van der Waals surface area contributed by atoms with Crippen molar-refractivity contribution in [3.8, 4) is 0 Å². The van der Waals surface area contributed by atoms with E-state index < -0.39 is 5.97 Å². The Labute approximate surface area is 122 Å². The maximum atomic E-state index is 11.1. The molecule has 0 aliphatic carbocycles. The maximum Gasteiger partial charge on any atom is 0.356 e. The van der Waals surface area contributed by atoms with Gasteiger partial charge < -0.3 is 15.3 Å². The molecule has 112 valence electrons. The van der Waals surface area contributed by atoms with Crippen LogP contribution >= 0.6 is 0 Å². The van der Waals surface area contributed by atoms with E-state index in [0.29, 0.717) is 11.4 Å². The van der Waals surface area contributed by atoms with Gasteiger partial charge in [0.2, 0.25) is 0 Å². The van der Waals surface area contributed by atoms with Crippen molar-refractivity contribution in [1.29, 1.82) is 0 Å². The minimum absolute atomic E-state index is 0.0645. The van der Waals surface area contributed by atoms with Crippen LogP contribution in [-0.4, -0.2) is 56.4 Å². The molecule has 0 fully saturated rings. The zero-order valence-corrected chi connectivity index (χ0v) is 12.0. The van der Waals surface area contributed by atoms with Crippen molar-refractivity contribution in [3.63, 3.8) is 0 Å². The molecule has 0 unspecified atom stereocenters. The van der Waals surface area contributed by atoms with Crippen molar-refractivity contribution in [2.45, 2.75) is 13.0 Å². The number of aryl methyl sites for hydroxylation is 1. The summed E-state index contributed by atoms with van der Waals surface area (Å²) in [5, 5.41) is 16.3. The lowest BCUT2D eigenvalue weighted by molar-refractivity contribution is 0.0691. The second-order valence-electron chi connectivity index (χ2n) is 4.86. The summed E-state index contributed by atoms with van der Waals surface area (Å²) in [5.41, 5.74) is 0.986. The van der Waals surface area contributed by atoms with Crippen LogP contribution in [0.3, 0.4) is 0 Å². The Hall–Kier alpha value is -2.48. The minimum Gasteiger partial charge on any atom is -0.476 e. The van der Waals surface area contributed by atoms with Crippen LogP contribution in [-0.2, 0) is 6.54 Å². The summed E-state index contributed by atoms with van der Waals surface area (Å²) < 4.78 is 1.82.